The number of rotatable bonds is 6. The second-order valence-electron chi connectivity index (χ2n) is 6.73. The summed E-state index contributed by atoms with van der Waals surface area (Å²) in [4.78, 5) is 47.5. The normalized spacial score (nSPS) is 21.9. The number of hydrogen-bond acceptors (Lipinski definition) is 8. The molecular weight excluding hydrogens is 495 g/mol. The molecule has 0 bridgehead atoms. The fraction of sp³-hybridized carbons (Fsp3) is 0.294. The molecule has 2 aliphatic rings. The Labute approximate surface area is 214 Å². The van der Waals surface area contributed by atoms with Gasteiger partial charge in [-0.05, 0) is 36.1 Å². The van der Waals surface area contributed by atoms with E-state index in [1.165, 1.54) is 24.3 Å². The molecule has 0 aliphatic carbocycles. The Morgan fingerprint density at radius 2 is 1.91 bits per heavy atom. The number of β-lactam (4-membered cyclic amide) rings is 1. The van der Waals surface area contributed by atoms with Crippen molar-refractivity contribution in [1.82, 2.24) is 20.3 Å². The smallest absolute Gasteiger partial charge is 0.731 e. The standard InChI is InChI=1S/C17H17ClN4O7S2.Na/c18-11-4-2-10(3-5-11)14(24)20-16(26)21-17(6-1-7-30-17)8-13(23)19-12-9-22(15(12)25)31(27,28)29;/h1-5,7,12H,6,8-9H2,(H,19,23)(H,27,28,29)(H2,20,21,24,26);/q;+1/p-1. The Bertz CT molecular complexity index is 1060. The first-order chi connectivity index (χ1) is 14.5. The third-order valence-electron chi connectivity index (χ3n) is 4.46. The van der Waals surface area contributed by atoms with Crippen LogP contribution in [0.4, 0.5) is 4.79 Å². The Balaban J connectivity index is 0.00000363. The number of hydrogen-bond donors (Lipinski definition) is 3. The molecule has 2 atom stereocenters. The third-order valence-corrected chi connectivity index (χ3v) is 6.77. The van der Waals surface area contributed by atoms with Crippen LogP contribution in [0.25, 0.3) is 0 Å². The van der Waals surface area contributed by atoms with Crippen molar-refractivity contribution in [3.8, 4) is 0 Å². The van der Waals surface area contributed by atoms with Crippen molar-refractivity contribution in [2.45, 2.75) is 23.8 Å². The van der Waals surface area contributed by atoms with E-state index in [4.69, 9.17) is 11.6 Å². The summed E-state index contributed by atoms with van der Waals surface area (Å²) in [6, 6.07) is 3.93. The molecule has 2 aliphatic heterocycles. The molecule has 2 unspecified atom stereocenters. The monoisotopic (exact) mass is 510 g/mol. The molecule has 0 saturated carbocycles. The number of thioether (sulfide) groups is 1. The van der Waals surface area contributed by atoms with Gasteiger partial charge in [0.05, 0.1) is 13.0 Å². The van der Waals surface area contributed by atoms with E-state index in [-0.39, 0.29) is 52.3 Å². The molecule has 0 radical (unpaired) electrons. The van der Waals surface area contributed by atoms with Gasteiger partial charge in [-0.1, -0.05) is 17.7 Å². The maximum Gasteiger partial charge on any atom is 1.00 e. The second kappa shape index (κ2) is 10.5. The summed E-state index contributed by atoms with van der Waals surface area (Å²) in [6.07, 6.45) is 1.73. The summed E-state index contributed by atoms with van der Waals surface area (Å²) in [7, 11) is -4.91. The third kappa shape index (κ3) is 6.47. The largest absolute Gasteiger partial charge is 1.00 e. The predicted octanol–water partition coefficient (Wildman–Crippen LogP) is -2.69. The van der Waals surface area contributed by atoms with Gasteiger partial charge in [0.2, 0.25) is 5.91 Å². The maximum atomic E-state index is 12.4. The summed E-state index contributed by atoms with van der Waals surface area (Å²) in [5, 5.41) is 9.20. The van der Waals surface area contributed by atoms with Gasteiger partial charge in [0.25, 0.3) is 11.8 Å². The number of imide groups is 1. The van der Waals surface area contributed by atoms with Crippen molar-refractivity contribution in [3.05, 3.63) is 46.3 Å². The molecule has 1 aromatic rings. The number of nitrogens with one attached hydrogen (secondary N) is 3. The van der Waals surface area contributed by atoms with E-state index in [1.54, 1.807) is 11.5 Å². The molecule has 2 heterocycles. The van der Waals surface area contributed by atoms with Crippen LogP contribution in [0.5, 0.6) is 0 Å². The van der Waals surface area contributed by atoms with Gasteiger partial charge in [-0.15, -0.1) is 11.8 Å². The average molecular weight is 511 g/mol. The zero-order valence-electron chi connectivity index (χ0n) is 16.7. The molecule has 1 saturated heterocycles. The van der Waals surface area contributed by atoms with Crippen LogP contribution in [0.15, 0.2) is 35.7 Å². The summed E-state index contributed by atoms with van der Waals surface area (Å²) in [5.74, 6) is -2.32. The zero-order chi connectivity index (χ0) is 22.8. The molecule has 5 amide bonds. The van der Waals surface area contributed by atoms with E-state index < -0.39 is 51.5 Å². The number of halogens is 1. The molecule has 11 nitrogen and oxygen atoms in total. The van der Waals surface area contributed by atoms with Gasteiger partial charge in [-0.2, -0.15) is 0 Å². The molecule has 3 N–H and O–H groups in total. The van der Waals surface area contributed by atoms with Gasteiger partial charge in [-0.25, -0.2) is 17.5 Å². The number of urea groups is 1. The first kappa shape index (κ1) is 26.6. The van der Waals surface area contributed by atoms with E-state index in [0.29, 0.717) is 5.02 Å². The van der Waals surface area contributed by atoms with Crippen LogP contribution in [0.1, 0.15) is 23.2 Å². The summed E-state index contributed by atoms with van der Waals surface area (Å²) in [6.45, 7) is -0.446. The maximum absolute atomic E-state index is 12.4. The second-order valence-corrected chi connectivity index (χ2v) is 9.75. The molecule has 1 aromatic carbocycles. The van der Waals surface area contributed by atoms with Crippen LogP contribution >= 0.6 is 23.4 Å². The summed E-state index contributed by atoms with van der Waals surface area (Å²) >= 11 is 6.91. The van der Waals surface area contributed by atoms with Crippen LogP contribution < -0.4 is 45.5 Å². The van der Waals surface area contributed by atoms with E-state index in [2.05, 4.69) is 16.0 Å². The minimum Gasteiger partial charge on any atom is -0.731 e. The van der Waals surface area contributed by atoms with E-state index in [1.807, 2.05) is 0 Å². The summed E-state index contributed by atoms with van der Waals surface area (Å²) in [5.41, 5.74) is 0.213. The van der Waals surface area contributed by atoms with E-state index >= 15 is 0 Å². The van der Waals surface area contributed by atoms with Gasteiger partial charge < -0.3 is 15.2 Å². The average Bonchev–Trinajstić information content (AvgIpc) is 3.11. The fourth-order valence-electron chi connectivity index (χ4n) is 2.93. The van der Waals surface area contributed by atoms with Crippen LogP contribution in [-0.4, -0.2) is 58.5 Å². The first-order valence-electron chi connectivity index (χ1n) is 8.78. The minimum atomic E-state index is -4.91. The van der Waals surface area contributed by atoms with Crippen molar-refractivity contribution >= 4 is 57.4 Å². The number of amides is 5. The SMILES string of the molecule is O=C(CC1(NC(=O)NC(=O)c2ccc(Cl)cc2)CC=CS1)NC1CN(S(=O)(=O)[O-])C1=O.[Na+]. The molecule has 0 spiro atoms. The first-order valence-corrected chi connectivity index (χ1v) is 11.4. The van der Waals surface area contributed by atoms with Gasteiger partial charge >= 0.3 is 35.6 Å². The Kier molecular flexibility index (Phi) is 8.78. The molecule has 32 heavy (non-hydrogen) atoms. The summed E-state index contributed by atoms with van der Waals surface area (Å²) < 4.78 is 32.7. The molecule has 166 valence electrons. The Hall–Kier alpha value is -1.61. The van der Waals surface area contributed by atoms with E-state index in [9.17, 15) is 32.1 Å². The Morgan fingerprint density at radius 3 is 2.44 bits per heavy atom. The van der Waals surface area contributed by atoms with Crippen LogP contribution in [-0.2, 0) is 19.9 Å². The fourth-order valence-corrected chi connectivity index (χ4v) is 4.74. The number of nitrogens with zero attached hydrogens (tertiary/aromatic N) is 1. The van der Waals surface area contributed by atoms with Crippen molar-refractivity contribution in [2.75, 3.05) is 6.54 Å². The zero-order valence-corrected chi connectivity index (χ0v) is 21.1. The number of benzene rings is 1. The van der Waals surface area contributed by atoms with Gasteiger partial charge in [0.1, 0.15) is 10.9 Å². The van der Waals surface area contributed by atoms with E-state index in [0.717, 1.165) is 11.8 Å². The van der Waals surface area contributed by atoms with Crippen molar-refractivity contribution < 1.29 is 61.7 Å². The van der Waals surface area contributed by atoms with Gasteiger partial charge in [0, 0.05) is 10.6 Å². The van der Waals surface area contributed by atoms with Gasteiger partial charge in [0.15, 0.2) is 10.3 Å². The van der Waals surface area contributed by atoms with Crippen LogP contribution in [0, 0.1) is 0 Å². The van der Waals surface area contributed by atoms with Crippen LogP contribution in [0.3, 0.4) is 0 Å². The van der Waals surface area contributed by atoms with Gasteiger partial charge in [-0.3, -0.25) is 19.7 Å². The van der Waals surface area contributed by atoms with Crippen molar-refractivity contribution in [3.63, 3.8) is 0 Å². The molecule has 1 fully saturated rings. The number of carbonyl (C=O) groups is 4. The number of carbonyl (C=O) groups excluding carboxylic acids is 4. The molecule has 3 rings (SSSR count). The predicted molar refractivity (Wildman–Crippen MR) is 109 cm³/mol. The van der Waals surface area contributed by atoms with Crippen molar-refractivity contribution in [1.29, 1.82) is 0 Å². The topological polar surface area (TPSA) is 165 Å². The van der Waals surface area contributed by atoms with Crippen LogP contribution in [0.2, 0.25) is 5.02 Å². The molecule has 15 heteroatoms. The van der Waals surface area contributed by atoms with Crippen molar-refractivity contribution in [2.24, 2.45) is 0 Å². The Morgan fingerprint density at radius 1 is 1.25 bits per heavy atom. The molecular formula is C17H16ClN4NaO7S2. The molecule has 0 aromatic heterocycles. The quantitative estimate of drug-likeness (QED) is 0.211. The minimum absolute atomic E-state index is 0.